The summed E-state index contributed by atoms with van der Waals surface area (Å²) in [6.07, 6.45) is 4.38. The number of hydrogen-bond donors (Lipinski definition) is 1. The van der Waals surface area contributed by atoms with Gasteiger partial charge in [-0.1, -0.05) is 20.8 Å². The van der Waals surface area contributed by atoms with Gasteiger partial charge < -0.3 is 5.32 Å². The SMILES string of the molecule is CC1CC(NC=O)CC(C)(C)C1. The molecule has 1 rings (SSSR count). The minimum atomic E-state index is 0.401. The highest BCUT2D eigenvalue weighted by Gasteiger charge is 2.31. The fourth-order valence-corrected chi connectivity index (χ4v) is 2.57. The summed E-state index contributed by atoms with van der Waals surface area (Å²) in [5.74, 6) is 0.742. The number of carbonyl (C=O) groups excluding carboxylic acids is 1. The van der Waals surface area contributed by atoms with Crippen molar-refractivity contribution in [3.8, 4) is 0 Å². The molecule has 0 saturated heterocycles. The predicted molar refractivity (Wildman–Crippen MR) is 49.8 cm³/mol. The summed E-state index contributed by atoms with van der Waals surface area (Å²) in [6, 6.07) is 0.404. The van der Waals surface area contributed by atoms with Gasteiger partial charge in [-0.3, -0.25) is 4.79 Å². The molecule has 2 nitrogen and oxygen atoms in total. The van der Waals surface area contributed by atoms with Crippen LogP contribution in [0, 0.1) is 11.3 Å². The van der Waals surface area contributed by atoms with E-state index in [1.54, 1.807) is 0 Å². The van der Waals surface area contributed by atoms with E-state index in [2.05, 4.69) is 26.1 Å². The molecule has 1 fully saturated rings. The van der Waals surface area contributed by atoms with Crippen molar-refractivity contribution in [1.82, 2.24) is 5.32 Å². The van der Waals surface area contributed by atoms with Crippen molar-refractivity contribution < 1.29 is 4.79 Å². The summed E-state index contributed by atoms with van der Waals surface area (Å²) in [4.78, 5) is 10.3. The van der Waals surface area contributed by atoms with E-state index < -0.39 is 0 Å². The van der Waals surface area contributed by atoms with Crippen LogP contribution in [0.3, 0.4) is 0 Å². The van der Waals surface area contributed by atoms with Crippen LogP contribution < -0.4 is 5.32 Å². The van der Waals surface area contributed by atoms with E-state index in [0.717, 1.165) is 25.2 Å². The van der Waals surface area contributed by atoms with Crippen molar-refractivity contribution in [2.24, 2.45) is 11.3 Å². The van der Waals surface area contributed by atoms with Gasteiger partial charge in [-0.15, -0.1) is 0 Å². The molecule has 1 aliphatic carbocycles. The fourth-order valence-electron chi connectivity index (χ4n) is 2.57. The van der Waals surface area contributed by atoms with Crippen molar-refractivity contribution in [2.45, 2.75) is 46.1 Å². The standard InChI is InChI=1S/C10H19NO/c1-8-4-9(11-7-12)6-10(2,3)5-8/h7-9H,4-6H2,1-3H3,(H,11,12). The third-order valence-corrected chi connectivity index (χ3v) is 2.69. The van der Waals surface area contributed by atoms with Crippen molar-refractivity contribution in [3.63, 3.8) is 0 Å². The second-order valence-corrected chi connectivity index (χ2v) is 4.89. The molecule has 2 atom stereocenters. The van der Waals surface area contributed by atoms with Crippen LogP contribution in [0.1, 0.15) is 40.0 Å². The van der Waals surface area contributed by atoms with Crippen LogP contribution in [-0.4, -0.2) is 12.5 Å². The molecule has 1 saturated carbocycles. The minimum absolute atomic E-state index is 0.401. The maximum atomic E-state index is 10.3. The maximum absolute atomic E-state index is 10.3. The molecule has 0 radical (unpaired) electrons. The lowest BCUT2D eigenvalue weighted by molar-refractivity contribution is -0.110. The minimum Gasteiger partial charge on any atom is -0.356 e. The monoisotopic (exact) mass is 169 g/mol. The molecule has 12 heavy (non-hydrogen) atoms. The first kappa shape index (κ1) is 9.56. The van der Waals surface area contributed by atoms with Gasteiger partial charge in [-0.2, -0.15) is 0 Å². The molecule has 0 aromatic heterocycles. The van der Waals surface area contributed by atoms with Crippen molar-refractivity contribution in [2.75, 3.05) is 0 Å². The third kappa shape index (κ3) is 2.50. The first-order valence-corrected chi connectivity index (χ1v) is 4.73. The molecular weight excluding hydrogens is 150 g/mol. The van der Waals surface area contributed by atoms with Gasteiger partial charge >= 0.3 is 0 Å². The van der Waals surface area contributed by atoms with E-state index in [-0.39, 0.29) is 0 Å². The predicted octanol–water partition coefficient (Wildman–Crippen LogP) is 1.95. The molecule has 0 spiro atoms. The zero-order chi connectivity index (χ0) is 9.19. The Bertz CT molecular complexity index is 165. The number of hydrogen-bond acceptors (Lipinski definition) is 1. The Labute approximate surface area is 74.7 Å². The van der Waals surface area contributed by atoms with Gasteiger partial charge in [0.1, 0.15) is 0 Å². The molecule has 0 aromatic rings. The second-order valence-electron chi connectivity index (χ2n) is 4.89. The quantitative estimate of drug-likeness (QED) is 0.629. The van der Waals surface area contributed by atoms with E-state index >= 15 is 0 Å². The van der Waals surface area contributed by atoms with E-state index in [9.17, 15) is 4.79 Å². The highest BCUT2D eigenvalue weighted by atomic mass is 16.1. The van der Waals surface area contributed by atoms with Crippen LogP contribution in [0.15, 0.2) is 0 Å². The largest absolute Gasteiger partial charge is 0.356 e. The average molecular weight is 169 g/mol. The first-order chi connectivity index (χ1) is 5.53. The van der Waals surface area contributed by atoms with Crippen molar-refractivity contribution >= 4 is 6.41 Å². The Kier molecular flexibility index (Phi) is 2.76. The van der Waals surface area contributed by atoms with Crippen LogP contribution >= 0.6 is 0 Å². The Morgan fingerprint density at radius 2 is 2.08 bits per heavy atom. The van der Waals surface area contributed by atoms with Gasteiger partial charge in [0.2, 0.25) is 6.41 Å². The first-order valence-electron chi connectivity index (χ1n) is 4.73. The molecule has 0 aliphatic heterocycles. The lowest BCUT2D eigenvalue weighted by Crippen LogP contribution is -2.39. The lowest BCUT2D eigenvalue weighted by Gasteiger charge is -2.38. The lowest BCUT2D eigenvalue weighted by atomic mass is 9.71. The van der Waals surface area contributed by atoms with Crippen molar-refractivity contribution in [3.05, 3.63) is 0 Å². The normalized spacial score (nSPS) is 34.2. The number of amides is 1. The molecule has 1 N–H and O–H groups in total. The smallest absolute Gasteiger partial charge is 0.207 e. The van der Waals surface area contributed by atoms with Gasteiger partial charge in [-0.25, -0.2) is 0 Å². The topological polar surface area (TPSA) is 29.1 Å². The maximum Gasteiger partial charge on any atom is 0.207 e. The zero-order valence-corrected chi connectivity index (χ0v) is 8.26. The molecular formula is C10H19NO. The number of carbonyl (C=O) groups is 1. The summed E-state index contributed by atoms with van der Waals surface area (Å²) in [7, 11) is 0. The Morgan fingerprint density at radius 3 is 2.58 bits per heavy atom. The molecule has 0 bridgehead atoms. The molecule has 70 valence electrons. The summed E-state index contributed by atoms with van der Waals surface area (Å²) in [5, 5.41) is 2.89. The fraction of sp³-hybridized carbons (Fsp3) is 0.900. The summed E-state index contributed by atoms with van der Waals surface area (Å²) in [5.41, 5.74) is 0.401. The van der Waals surface area contributed by atoms with Gasteiger partial charge in [0.25, 0.3) is 0 Å². The summed E-state index contributed by atoms with van der Waals surface area (Å²) in [6.45, 7) is 6.82. The Morgan fingerprint density at radius 1 is 1.42 bits per heavy atom. The highest BCUT2D eigenvalue weighted by Crippen LogP contribution is 2.38. The van der Waals surface area contributed by atoms with E-state index in [1.165, 1.54) is 6.42 Å². The molecule has 2 unspecified atom stereocenters. The van der Waals surface area contributed by atoms with E-state index in [4.69, 9.17) is 0 Å². The van der Waals surface area contributed by atoms with Gasteiger partial charge in [0, 0.05) is 6.04 Å². The third-order valence-electron chi connectivity index (χ3n) is 2.69. The number of rotatable bonds is 2. The Hall–Kier alpha value is -0.530. The molecule has 0 aromatic carbocycles. The Balaban J connectivity index is 2.51. The van der Waals surface area contributed by atoms with Gasteiger partial charge in [0.05, 0.1) is 0 Å². The molecule has 0 heterocycles. The van der Waals surface area contributed by atoms with Gasteiger partial charge in [0.15, 0.2) is 0 Å². The van der Waals surface area contributed by atoms with Crippen LogP contribution in [-0.2, 0) is 4.79 Å². The molecule has 1 amide bonds. The zero-order valence-electron chi connectivity index (χ0n) is 8.26. The van der Waals surface area contributed by atoms with Crippen molar-refractivity contribution in [1.29, 1.82) is 0 Å². The van der Waals surface area contributed by atoms with Crippen LogP contribution in [0.5, 0.6) is 0 Å². The average Bonchev–Trinajstić information content (AvgIpc) is 1.82. The molecule has 1 aliphatic rings. The van der Waals surface area contributed by atoms with E-state index in [0.29, 0.717) is 11.5 Å². The summed E-state index contributed by atoms with van der Waals surface area (Å²) < 4.78 is 0. The van der Waals surface area contributed by atoms with Gasteiger partial charge in [-0.05, 0) is 30.6 Å². The van der Waals surface area contributed by atoms with Crippen LogP contribution in [0.4, 0.5) is 0 Å². The van der Waals surface area contributed by atoms with Crippen LogP contribution in [0.25, 0.3) is 0 Å². The summed E-state index contributed by atoms with van der Waals surface area (Å²) >= 11 is 0. The second kappa shape index (κ2) is 3.46. The highest BCUT2D eigenvalue weighted by molar-refractivity contribution is 5.46. The van der Waals surface area contributed by atoms with E-state index in [1.807, 2.05) is 0 Å². The number of nitrogens with one attached hydrogen (secondary N) is 1. The van der Waals surface area contributed by atoms with Crippen LogP contribution in [0.2, 0.25) is 0 Å². The molecule has 2 heteroatoms.